The summed E-state index contributed by atoms with van der Waals surface area (Å²) in [7, 11) is 0. The molecule has 1 saturated heterocycles. The van der Waals surface area contributed by atoms with Gasteiger partial charge in [-0.3, -0.25) is 14.4 Å². The van der Waals surface area contributed by atoms with Crippen molar-refractivity contribution in [2.45, 2.75) is 55.5 Å². The molecule has 1 fully saturated rings. The first-order valence-corrected chi connectivity index (χ1v) is 13.8. The molecule has 44 heavy (non-hydrogen) atoms. The predicted octanol–water partition coefficient (Wildman–Crippen LogP) is 4.51. The molecular formula is C27H21ClF4N4O7S. The van der Waals surface area contributed by atoms with Crippen molar-refractivity contribution in [3.63, 3.8) is 0 Å². The molecule has 1 aliphatic rings. The van der Waals surface area contributed by atoms with Crippen molar-refractivity contribution in [2.24, 2.45) is 0 Å². The van der Waals surface area contributed by atoms with Crippen LogP contribution in [0.5, 0.6) is 0 Å². The predicted molar refractivity (Wildman–Crippen MR) is 143 cm³/mol. The first kappa shape index (κ1) is 32.7. The Hall–Kier alpha value is -4.20. The maximum Gasteiger partial charge on any atom is 0.303 e. The van der Waals surface area contributed by atoms with Crippen LogP contribution in [0.4, 0.5) is 17.6 Å². The lowest BCUT2D eigenvalue weighted by Gasteiger charge is -2.44. The summed E-state index contributed by atoms with van der Waals surface area (Å²) in [5.74, 6) is -7.91. The average molecular weight is 657 g/mol. The van der Waals surface area contributed by atoms with Crippen molar-refractivity contribution >= 4 is 41.3 Å². The molecule has 0 N–H and O–H groups in total. The summed E-state index contributed by atoms with van der Waals surface area (Å²) in [6.45, 7) is 2.78. The lowest BCUT2D eigenvalue weighted by Crippen LogP contribution is -2.57. The second-order valence-corrected chi connectivity index (χ2v) is 10.9. The molecule has 17 heteroatoms. The Labute approximate surface area is 255 Å². The normalized spacial score (nSPS) is 21.3. The van der Waals surface area contributed by atoms with Crippen LogP contribution in [0, 0.1) is 34.6 Å². The van der Waals surface area contributed by atoms with Gasteiger partial charge >= 0.3 is 17.9 Å². The molecule has 0 bridgehead atoms. The van der Waals surface area contributed by atoms with E-state index in [1.54, 1.807) is 6.07 Å². The van der Waals surface area contributed by atoms with Crippen LogP contribution in [0.1, 0.15) is 32.4 Å². The Morgan fingerprint density at radius 2 is 1.64 bits per heavy atom. The molecule has 0 saturated carbocycles. The van der Waals surface area contributed by atoms with E-state index in [4.69, 9.17) is 30.5 Å². The number of hydrogen-bond acceptors (Lipinski definition) is 11. The van der Waals surface area contributed by atoms with Crippen molar-refractivity contribution in [3.05, 3.63) is 64.3 Å². The molecule has 232 valence electrons. The molecule has 5 atom stereocenters. The van der Waals surface area contributed by atoms with E-state index in [-0.39, 0.29) is 26.7 Å². The Balaban J connectivity index is 1.85. The highest BCUT2D eigenvalue weighted by atomic mass is 35.5. The number of aromatic nitrogens is 3. The van der Waals surface area contributed by atoms with Gasteiger partial charge in [-0.25, -0.2) is 22.2 Å². The second-order valence-electron chi connectivity index (χ2n) is 9.31. The Morgan fingerprint density at radius 1 is 1.00 bits per heavy atom. The van der Waals surface area contributed by atoms with Crippen LogP contribution in [0.3, 0.4) is 0 Å². The van der Waals surface area contributed by atoms with Crippen LogP contribution >= 0.6 is 23.4 Å². The fourth-order valence-electron chi connectivity index (χ4n) is 4.37. The number of esters is 3. The third kappa shape index (κ3) is 7.29. The molecule has 2 heterocycles. The summed E-state index contributed by atoms with van der Waals surface area (Å²) >= 11 is 6.80. The van der Waals surface area contributed by atoms with Crippen molar-refractivity contribution in [3.8, 4) is 17.3 Å². The number of carbonyl (C=O) groups is 3. The smallest absolute Gasteiger partial charge is 0.303 e. The van der Waals surface area contributed by atoms with E-state index in [9.17, 15) is 32.8 Å². The maximum absolute atomic E-state index is 15.0. The van der Waals surface area contributed by atoms with Gasteiger partial charge in [-0.2, -0.15) is 5.26 Å². The fraction of sp³-hybridized carbons (Fsp3) is 0.333. The van der Waals surface area contributed by atoms with Gasteiger partial charge in [-0.15, -0.1) is 5.10 Å². The summed E-state index contributed by atoms with van der Waals surface area (Å²) in [5.41, 5.74) is -1.81. The van der Waals surface area contributed by atoms with Gasteiger partial charge in [0.15, 0.2) is 29.7 Å². The quantitative estimate of drug-likeness (QED) is 0.146. The zero-order valence-electron chi connectivity index (χ0n) is 22.9. The van der Waals surface area contributed by atoms with E-state index in [2.05, 4.69) is 10.3 Å². The molecule has 3 unspecified atom stereocenters. The number of rotatable bonds is 8. The highest BCUT2D eigenvalue weighted by Gasteiger charge is 2.52. The highest BCUT2D eigenvalue weighted by molar-refractivity contribution is 7.99. The van der Waals surface area contributed by atoms with E-state index in [1.165, 1.54) is 6.20 Å². The van der Waals surface area contributed by atoms with Crippen molar-refractivity contribution < 1.29 is 50.9 Å². The van der Waals surface area contributed by atoms with Gasteiger partial charge in [0.05, 0.1) is 16.8 Å². The molecule has 2 aromatic carbocycles. The molecule has 0 radical (unpaired) electrons. The van der Waals surface area contributed by atoms with E-state index in [0.717, 1.165) is 37.6 Å². The molecule has 11 nitrogen and oxygen atoms in total. The van der Waals surface area contributed by atoms with E-state index >= 15 is 4.39 Å². The van der Waals surface area contributed by atoms with Gasteiger partial charge in [0, 0.05) is 31.2 Å². The van der Waals surface area contributed by atoms with Gasteiger partial charge in [0.1, 0.15) is 41.8 Å². The number of thioether (sulfide) groups is 1. The summed E-state index contributed by atoms with van der Waals surface area (Å²) in [4.78, 5) is 36.0. The van der Waals surface area contributed by atoms with Crippen molar-refractivity contribution in [1.82, 2.24) is 15.0 Å². The molecular weight excluding hydrogens is 636 g/mol. The summed E-state index contributed by atoms with van der Waals surface area (Å²) < 4.78 is 79.8. The minimum Gasteiger partial charge on any atom is -0.463 e. The van der Waals surface area contributed by atoms with Crippen LogP contribution in [0.15, 0.2) is 35.4 Å². The van der Waals surface area contributed by atoms with Gasteiger partial charge in [-0.05, 0) is 24.3 Å². The summed E-state index contributed by atoms with van der Waals surface area (Å²) in [6.07, 6.45) is -2.92. The lowest BCUT2D eigenvalue weighted by molar-refractivity contribution is -0.212. The van der Waals surface area contributed by atoms with Crippen LogP contribution in [0.2, 0.25) is 5.02 Å². The number of nitriles is 1. The Bertz CT molecular complexity index is 1630. The van der Waals surface area contributed by atoms with Crippen LogP contribution in [0.25, 0.3) is 11.3 Å². The van der Waals surface area contributed by atoms with Crippen LogP contribution < -0.4 is 0 Å². The standard InChI is InChI=1S/C27H21ClF4N4O7S/c1-11(37)40-10-21-25(41-12(2)38)24(36-9-20(34-35-36)14-4-18(30)23(32)19(31)5-14)26(42-13(3)39)27(43-21)44-22-7-16(28)15(8-33)6-17(22)29/h4-7,9,21,24-27H,10H2,1-3H3/t21?,24?,25-,26?,27+/m0/s1. The number of benzene rings is 2. The topological polar surface area (TPSA) is 143 Å². The summed E-state index contributed by atoms with van der Waals surface area (Å²) in [6, 6.07) is 3.86. The van der Waals surface area contributed by atoms with Crippen molar-refractivity contribution in [2.75, 3.05) is 6.61 Å². The molecule has 1 aromatic heterocycles. The third-order valence-electron chi connectivity index (χ3n) is 6.15. The first-order valence-electron chi connectivity index (χ1n) is 12.5. The summed E-state index contributed by atoms with van der Waals surface area (Å²) in [5, 5.41) is 17.0. The first-order chi connectivity index (χ1) is 20.8. The molecule has 0 aliphatic carbocycles. The molecule has 1 aliphatic heterocycles. The van der Waals surface area contributed by atoms with E-state index in [1.807, 2.05) is 0 Å². The van der Waals surface area contributed by atoms with E-state index in [0.29, 0.717) is 23.9 Å². The Morgan fingerprint density at radius 3 is 2.23 bits per heavy atom. The zero-order chi connectivity index (χ0) is 32.3. The van der Waals surface area contributed by atoms with Gasteiger partial charge in [0.25, 0.3) is 0 Å². The molecule has 4 rings (SSSR count). The maximum atomic E-state index is 15.0. The average Bonchev–Trinajstić information content (AvgIpc) is 3.43. The SMILES string of the molecule is CC(=O)OCC1O[C@H](Sc2cc(Cl)c(C#N)cc2F)C(OC(C)=O)C(n2cc(-c3cc(F)c(F)c(F)c3)nn2)[C@H]1OC(C)=O. The minimum absolute atomic E-state index is 0.0817. The number of halogens is 5. The largest absolute Gasteiger partial charge is 0.463 e. The lowest BCUT2D eigenvalue weighted by atomic mass is 9.96. The fourth-order valence-corrected chi connectivity index (χ4v) is 5.79. The van der Waals surface area contributed by atoms with Crippen LogP contribution in [-0.2, 0) is 33.3 Å². The van der Waals surface area contributed by atoms with Crippen LogP contribution in [-0.4, -0.2) is 63.3 Å². The molecule has 0 amide bonds. The van der Waals surface area contributed by atoms with Crippen molar-refractivity contribution in [1.29, 1.82) is 5.26 Å². The van der Waals surface area contributed by atoms with E-state index < -0.39 is 77.6 Å². The minimum atomic E-state index is -1.70. The number of nitrogens with zero attached hydrogens (tertiary/aromatic N) is 4. The number of carbonyl (C=O) groups excluding carboxylic acids is 3. The van der Waals surface area contributed by atoms with Gasteiger partial charge < -0.3 is 18.9 Å². The zero-order valence-corrected chi connectivity index (χ0v) is 24.5. The third-order valence-corrected chi connectivity index (χ3v) is 7.64. The Kier molecular flexibility index (Phi) is 10.1. The molecule has 0 spiro atoms. The highest BCUT2D eigenvalue weighted by Crippen LogP contribution is 2.43. The number of hydrogen-bond donors (Lipinski definition) is 0. The van der Waals surface area contributed by atoms with Gasteiger partial charge in [0.2, 0.25) is 0 Å². The number of ether oxygens (including phenoxy) is 4. The molecule has 3 aromatic rings. The monoisotopic (exact) mass is 656 g/mol. The van der Waals surface area contributed by atoms with Gasteiger partial charge in [-0.1, -0.05) is 28.6 Å². The second kappa shape index (κ2) is 13.6.